The van der Waals surface area contributed by atoms with E-state index in [4.69, 9.17) is 13.8 Å². The number of rotatable bonds is 11. The minimum atomic E-state index is -4.15. The number of hydrogen-bond donors (Lipinski definition) is 2. The van der Waals surface area contributed by atoms with Gasteiger partial charge >= 0.3 is 7.82 Å². The number of benzene rings is 1. The molecule has 0 saturated heterocycles. The Balaban J connectivity index is 2.18. The first-order chi connectivity index (χ1) is 10.7. The predicted molar refractivity (Wildman–Crippen MR) is 86.7 cm³/mol. The number of hydrogen-bond acceptors (Lipinski definition) is 5. The van der Waals surface area contributed by atoms with Crippen molar-refractivity contribution in [3.05, 3.63) is 35.9 Å². The predicted octanol–water partition coefficient (Wildman–Crippen LogP) is 1.40. The summed E-state index contributed by atoms with van der Waals surface area (Å²) in [5.41, 5.74) is 0.983. The van der Waals surface area contributed by atoms with Crippen molar-refractivity contribution in [3.8, 4) is 0 Å². The van der Waals surface area contributed by atoms with Gasteiger partial charge in [-0.1, -0.05) is 30.3 Å². The van der Waals surface area contributed by atoms with Crippen LogP contribution in [0.25, 0.3) is 0 Å². The van der Waals surface area contributed by atoms with Crippen LogP contribution in [0.1, 0.15) is 5.56 Å². The number of nitrogens with zero attached hydrogens (tertiary/aromatic N) is 1. The molecule has 0 heterocycles. The van der Waals surface area contributed by atoms with E-state index in [1.165, 1.54) is 0 Å². The largest absolute Gasteiger partial charge is 0.472 e. The molecule has 0 radical (unpaired) electrons. The monoisotopic (exact) mass is 348 g/mol. The minimum Gasteiger partial charge on any atom is -0.388 e. The van der Waals surface area contributed by atoms with Crippen LogP contribution < -0.4 is 0 Å². The highest BCUT2D eigenvalue weighted by atomic mass is 31.2. The normalized spacial score (nSPS) is 16.0. The van der Waals surface area contributed by atoms with E-state index in [0.717, 1.165) is 5.56 Å². The summed E-state index contributed by atoms with van der Waals surface area (Å²) in [5, 5.41) is 9.70. The van der Waals surface area contributed by atoms with E-state index in [9.17, 15) is 14.6 Å². The fraction of sp³-hybridized carbons (Fsp3) is 0.600. The summed E-state index contributed by atoms with van der Waals surface area (Å²) in [6, 6.07) is 9.52. The third-order valence-corrected chi connectivity index (χ3v) is 3.85. The Labute approximate surface area is 137 Å². The lowest BCUT2D eigenvalue weighted by atomic mass is 10.2. The van der Waals surface area contributed by atoms with Gasteiger partial charge in [-0.2, -0.15) is 0 Å². The zero-order chi connectivity index (χ0) is 17.3. The van der Waals surface area contributed by atoms with Gasteiger partial charge in [0.2, 0.25) is 0 Å². The minimum absolute atomic E-state index is 0.00771. The SMILES string of the molecule is C[N+](C)(C)CCOP(=O)(O)OC[C@@H](O)COCc1ccccc1. The topological polar surface area (TPSA) is 85.2 Å². The fourth-order valence-electron chi connectivity index (χ4n) is 1.58. The number of likely N-dealkylation sites (N-methyl/N-ethyl adjacent to an activating group) is 1. The van der Waals surface area contributed by atoms with Crippen LogP contribution in [-0.2, 0) is 25.0 Å². The van der Waals surface area contributed by atoms with Crippen LogP contribution in [-0.4, -0.2) is 68.1 Å². The van der Waals surface area contributed by atoms with E-state index >= 15 is 0 Å². The average Bonchev–Trinajstić information content (AvgIpc) is 2.45. The quantitative estimate of drug-likeness (QED) is 0.465. The molecule has 1 aromatic rings. The van der Waals surface area contributed by atoms with Crippen molar-refractivity contribution in [2.75, 3.05) is 47.5 Å². The Hall–Kier alpha value is -0.790. The van der Waals surface area contributed by atoms with Gasteiger partial charge in [-0.3, -0.25) is 9.05 Å². The molecule has 132 valence electrons. The Morgan fingerprint density at radius 1 is 1.13 bits per heavy atom. The Bertz CT molecular complexity index is 490. The van der Waals surface area contributed by atoms with Gasteiger partial charge in [0.25, 0.3) is 0 Å². The number of aliphatic hydroxyl groups excluding tert-OH is 1. The van der Waals surface area contributed by atoms with Gasteiger partial charge < -0.3 is 19.2 Å². The standard InChI is InChI=1S/C15H26NO6P/c1-16(2,3)9-10-21-23(18,19)22-13-15(17)12-20-11-14-7-5-4-6-8-14/h4-8,15,17H,9-13H2,1-3H3/p+1/t15-/m0/s1. The summed E-state index contributed by atoms with van der Waals surface area (Å²) < 4.78 is 27.2. The van der Waals surface area contributed by atoms with Crippen LogP contribution in [0.4, 0.5) is 0 Å². The molecule has 0 aromatic heterocycles. The average molecular weight is 348 g/mol. The third kappa shape index (κ3) is 10.6. The maximum Gasteiger partial charge on any atom is 0.472 e. The zero-order valence-corrected chi connectivity index (χ0v) is 14.8. The van der Waals surface area contributed by atoms with Gasteiger partial charge in [-0.25, -0.2) is 4.57 Å². The molecule has 1 aromatic carbocycles. The molecule has 0 aliphatic rings. The number of ether oxygens (including phenoxy) is 1. The lowest BCUT2D eigenvalue weighted by molar-refractivity contribution is -0.870. The second-order valence-corrected chi connectivity index (χ2v) is 7.72. The molecule has 0 aliphatic heterocycles. The Morgan fingerprint density at radius 3 is 2.39 bits per heavy atom. The maximum absolute atomic E-state index is 11.7. The van der Waals surface area contributed by atoms with Gasteiger partial charge in [0.05, 0.1) is 41.0 Å². The molecule has 8 heteroatoms. The molecular weight excluding hydrogens is 321 g/mol. The summed E-state index contributed by atoms with van der Waals surface area (Å²) in [5.74, 6) is 0. The van der Waals surface area contributed by atoms with Gasteiger partial charge in [-0.15, -0.1) is 0 Å². The highest BCUT2D eigenvalue weighted by Gasteiger charge is 2.24. The van der Waals surface area contributed by atoms with E-state index in [-0.39, 0.29) is 19.8 Å². The molecule has 1 unspecified atom stereocenters. The van der Waals surface area contributed by atoms with Crippen LogP contribution in [0.5, 0.6) is 0 Å². The van der Waals surface area contributed by atoms with E-state index in [1.807, 2.05) is 51.5 Å². The lowest BCUT2D eigenvalue weighted by Crippen LogP contribution is -2.37. The second kappa shape index (κ2) is 9.49. The highest BCUT2D eigenvalue weighted by Crippen LogP contribution is 2.43. The first kappa shape index (κ1) is 20.3. The molecule has 0 amide bonds. The smallest absolute Gasteiger partial charge is 0.388 e. The molecule has 7 nitrogen and oxygen atoms in total. The zero-order valence-electron chi connectivity index (χ0n) is 13.9. The second-order valence-electron chi connectivity index (χ2n) is 6.27. The molecule has 0 bridgehead atoms. The number of aliphatic hydroxyl groups is 1. The van der Waals surface area contributed by atoms with Crippen molar-refractivity contribution in [1.29, 1.82) is 0 Å². The summed E-state index contributed by atoms with van der Waals surface area (Å²) in [4.78, 5) is 9.52. The molecule has 23 heavy (non-hydrogen) atoms. The molecular formula is C15H27NO6P+. The molecule has 0 saturated carbocycles. The Kier molecular flexibility index (Phi) is 8.36. The first-order valence-corrected chi connectivity index (χ1v) is 8.89. The van der Waals surface area contributed by atoms with Crippen LogP contribution >= 0.6 is 7.82 Å². The summed E-state index contributed by atoms with van der Waals surface area (Å²) >= 11 is 0. The highest BCUT2D eigenvalue weighted by molar-refractivity contribution is 7.47. The van der Waals surface area contributed by atoms with Crippen LogP contribution in [0.2, 0.25) is 0 Å². The van der Waals surface area contributed by atoms with Crippen LogP contribution in [0.3, 0.4) is 0 Å². The van der Waals surface area contributed by atoms with E-state index < -0.39 is 13.9 Å². The van der Waals surface area contributed by atoms with Crippen LogP contribution in [0, 0.1) is 0 Å². The molecule has 2 N–H and O–H groups in total. The van der Waals surface area contributed by atoms with Crippen molar-refractivity contribution in [2.24, 2.45) is 0 Å². The number of quaternary nitrogens is 1. The van der Waals surface area contributed by atoms with E-state index in [1.54, 1.807) is 0 Å². The van der Waals surface area contributed by atoms with Gasteiger partial charge in [0, 0.05) is 0 Å². The van der Waals surface area contributed by atoms with Crippen molar-refractivity contribution in [1.82, 2.24) is 0 Å². The summed E-state index contributed by atoms with van der Waals surface area (Å²) in [6.07, 6.45) is -0.999. The van der Waals surface area contributed by atoms with E-state index in [2.05, 4.69) is 0 Å². The maximum atomic E-state index is 11.7. The molecule has 2 atom stereocenters. The van der Waals surface area contributed by atoms with Crippen molar-refractivity contribution < 1.29 is 32.8 Å². The van der Waals surface area contributed by atoms with Gasteiger partial charge in [0.15, 0.2) is 0 Å². The van der Waals surface area contributed by atoms with E-state index in [0.29, 0.717) is 17.6 Å². The summed E-state index contributed by atoms with van der Waals surface area (Å²) in [7, 11) is 1.69. The molecule has 1 rings (SSSR count). The molecule has 0 spiro atoms. The van der Waals surface area contributed by atoms with Crippen LogP contribution in [0.15, 0.2) is 30.3 Å². The van der Waals surface area contributed by atoms with Gasteiger partial charge in [-0.05, 0) is 5.56 Å². The van der Waals surface area contributed by atoms with Crippen molar-refractivity contribution in [3.63, 3.8) is 0 Å². The molecule has 0 aliphatic carbocycles. The molecule has 0 fully saturated rings. The van der Waals surface area contributed by atoms with Crippen molar-refractivity contribution in [2.45, 2.75) is 12.7 Å². The third-order valence-electron chi connectivity index (χ3n) is 2.87. The lowest BCUT2D eigenvalue weighted by Gasteiger charge is -2.24. The summed E-state index contributed by atoms with van der Waals surface area (Å²) in [6.45, 7) is 0.698. The van der Waals surface area contributed by atoms with Gasteiger partial charge in [0.1, 0.15) is 19.3 Å². The van der Waals surface area contributed by atoms with Crippen molar-refractivity contribution >= 4 is 7.82 Å². The fourth-order valence-corrected chi connectivity index (χ4v) is 2.33. The first-order valence-electron chi connectivity index (χ1n) is 7.40. The number of phosphoric acid groups is 1. The Morgan fingerprint density at radius 2 is 1.78 bits per heavy atom. The number of phosphoric ester groups is 1.